The molecule has 1 aromatic carbocycles. The molecule has 0 aliphatic carbocycles. The molecule has 2 aromatic rings. The molecule has 0 aliphatic rings. The number of methoxy groups -OCH3 is 2. The van der Waals surface area contributed by atoms with Gasteiger partial charge in [0.2, 0.25) is 0 Å². The van der Waals surface area contributed by atoms with Crippen LogP contribution in [0.5, 0.6) is 11.5 Å². The monoisotopic (exact) mass is 376 g/mol. The summed E-state index contributed by atoms with van der Waals surface area (Å²) in [4.78, 5) is 10.5. The summed E-state index contributed by atoms with van der Waals surface area (Å²) >= 11 is 1.76. The Labute approximate surface area is 159 Å². The smallest absolute Gasteiger partial charge is 0.191 e. The third kappa shape index (κ3) is 5.62. The highest BCUT2D eigenvalue weighted by molar-refractivity contribution is 7.11. The minimum absolute atomic E-state index is 0.526. The molecule has 7 heteroatoms. The summed E-state index contributed by atoms with van der Waals surface area (Å²) in [6, 6.07) is 5.77. The van der Waals surface area contributed by atoms with Crippen molar-refractivity contribution in [2.45, 2.75) is 33.7 Å². The van der Waals surface area contributed by atoms with Gasteiger partial charge in [0.15, 0.2) is 5.96 Å². The van der Waals surface area contributed by atoms with Gasteiger partial charge in [-0.25, -0.2) is 9.98 Å². The van der Waals surface area contributed by atoms with Crippen molar-refractivity contribution >= 4 is 17.3 Å². The first kappa shape index (κ1) is 20.0. The minimum Gasteiger partial charge on any atom is -0.497 e. The molecule has 0 amide bonds. The Morgan fingerprint density at radius 3 is 2.62 bits per heavy atom. The van der Waals surface area contributed by atoms with Crippen LogP contribution in [-0.2, 0) is 13.0 Å². The lowest BCUT2D eigenvalue weighted by atomic mass is 10.2. The molecule has 2 rings (SSSR count). The zero-order valence-electron chi connectivity index (χ0n) is 16.2. The van der Waals surface area contributed by atoms with Crippen LogP contribution in [-0.4, -0.2) is 38.3 Å². The van der Waals surface area contributed by atoms with Crippen LogP contribution in [0.2, 0.25) is 0 Å². The van der Waals surface area contributed by atoms with Gasteiger partial charge >= 0.3 is 0 Å². The Kier molecular flexibility index (Phi) is 7.72. The predicted octanol–water partition coefficient (Wildman–Crippen LogP) is 3.07. The number of guanidine groups is 1. The van der Waals surface area contributed by atoms with E-state index in [4.69, 9.17) is 9.47 Å². The number of nitrogens with zero attached hydrogens (tertiary/aromatic N) is 2. The number of hydrogen-bond acceptors (Lipinski definition) is 5. The van der Waals surface area contributed by atoms with Gasteiger partial charge < -0.3 is 20.1 Å². The summed E-state index contributed by atoms with van der Waals surface area (Å²) in [5, 5.41) is 7.79. The summed E-state index contributed by atoms with van der Waals surface area (Å²) in [6.07, 6.45) is 0.885. The molecule has 0 bridgehead atoms. The highest BCUT2D eigenvalue weighted by atomic mass is 32.1. The zero-order chi connectivity index (χ0) is 18.9. The Morgan fingerprint density at radius 2 is 2.00 bits per heavy atom. The van der Waals surface area contributed by atoms with Gasteiger partial charge in [-0.2, -0.15) is 0 Å². The number of thiazole rings is 1. The predicted molar refractivity (Wildman–Crippen MR) is 108 cm³/mol. The fraction of sp³-hybridized carbons (Fsp3) is 0.474. The highest BCUT2D eigenvalue weighted by Gasteiger charge is 2.06. The molecule has 6 nitrogen and oxygen atoms in total. The molecule has 1 heterocycles. The first-order valence-corrected chi connectivity index (χ1v) is 9.55. The molecule has 142 valence electrons. The molecule has 0 fully saturated rings. The molecule has 0 spiro atoms. The first-order valence-electron chi connectivity index (χ1n) is 8.73. The van der Waals surface area contributed by atoms with Gasteiger partial charge in [0.25, 0.3) is 0 Å². The third-order valence-corrected chi connectivity index (χ3v) is 5.08. The van der Waals surface area contributed by atoms with E-state index >= 15 is 0 Å². The maximum absolute atomic E-state index is 5.44. The van der Waals surface area contributed by atoms with E-state index in [2.05, 4.69) is 41.4 Å². The van der Waals surface area contributed by atoms with Gasteiger partial charge in [0.05, 0.1) is 31.5 Å². The summed E-state index contributed by atoms with van der Waals surface area (Å²) < 4.78 is 10.7. The third-order valence-electron chi connectivity index (χ3n) is 3.95. The van der Waals surface area contributed by atoms with Crippen molar-refractivity contribution in [1.82, 2.24) is 15.6 Å². The molecular formula is C19H28N4O2S. The molecule has 2 N–H and O–H groups in total. The van der Waals surface area contributed by atoms with Crippen molar-refractivity contribution in [3.05, 3.63) is 39.3 Å². The van der Waals surface area contributed by atoms with Crippen LogP contribution in [0.25, 0.3) is 0 Å². The number of ether oxygens (including phenoxy) is 2. The number of nitrogens with one attached hydrogen (secondary N) is 2. The Hall–Kier alpha value is -2.28. The van der Waals surface area contributed by atoms with Crippen LogP contribution >= 0.6 is 11.3 Å². The normalized spacial score (nSPS) is 11.3. The van der Waals surface area contributed by atoms with Gasteiger partial charge in [-0.05, 0) is 32.9 Å². The van der Waals surface area contributed by atoms with Crippen LogP contribution in [0.1, 0.15) is 28.1 Å². The minimum atomic E-state index is 0.526. The van der Waals surface area contributed by atoms with Crippen LogP contribution in [0.15, 0.2) is 23.2 Å². The van der Waals surface area contributed by atoms with E-state index in [-0.39, 0.29) is 0 Å². The van der Waals surface area contributed by atoms with Crippen molar-refractivity contribution in [3.63, 3.8) is 0 Å². The van der Waals surface area contributed by atoms with Gasteiger partial charge in [-0.3, -0.25) is 0 Å². The molecule has 0 aliphatic heterocycles. The SMILES string of the molecule is CCNC(=NCc1ccc(OC)cc1OC)NCCc1nc(C)c(C)s1. The molecular weight excluding hydrogens is 348 g/mol. The Bertz CT molecular complexity index is 724. The summed E-state index contributed by atoms with van der Waals surface area (Å²) in [5.74, 6) is 2.33. The van der Waals surface area contributed by atoms with E-state index in [0.717, 1.165) is 53.2 Å². The van der Waals surface area contributed by atoms with E-state index < -0.39 is 0 Å². The fourth-order valence-corrected chi connectivity index (χ4v) is 3.36. The number of hydrogen-bond donors (Lipinski definition) is 2. The van der Waals surface area contributed by atoms with E-state index in [0.29, 0.717) is 6.54 Å². The lowest BCUT2D eigenvalue weighted by molar-refractivity contribution is 0.391. The second kappa shape index (κ2) is 10.0. The van der Waals surface area contributed by atoms with Gasteiger partial charge in [-0.15, -0.1) is 11.3 Å². The lowest BCUT2D eigenvalue weighted by Crippen LogP contribution is -2.38. The van der Waals surface area contributed by atoms with E-state index in [1.165, 1.54) is 4.88 Å². The second-order valence-corrected chi connectivity index (χ2v) is 7.09. The van der Waals surface area contributed by atoms with Crippen LogP contribution in [0.4, 0.5) is 0 Å². The number of rotatable bonds is 8. The number of aryl methyl sites for hydroxylation is 2. The van der Waals surface area contributed by atoms with Crippen LogP contribution < -0.4 is 20.1 Å². The quantitative estimate of drug-likeness (QED) is 0.547. The molecule has 1 aromatic heterocycles. The summed E-state index contributed by atoms with van der Waals surface area (Å²) in [5.41, 5.74) is 2.13. The molecule has 0 radical (unpaired) electrons. The second-order valence-electron chi connectivity index (χ2n) is 5.80. The standard InChI is InChI=1S/C19H28N4O2S/c1-6-20-19(21-10-9-18-23-13(2)14(3)26-18)22-12-15-7-8-16(24-4)11-17(15)25-5/h7-8,11H,6,9-10,12H2,1-5H3,(H2,20,21,22). The van der Waals surface area contributed by atoms with Gasteiger partial charge in [0, 0.05) is 36.0 Å². The molecule has 0 saturated carbocycles. The average molecular weight is 377 g/mol. The lowest BCUT2D eigenvalue weighted by Gasteiger charge is -2.12. The highest BCUT2D eigenvalue weighted by Crippen LogP contribution is 2.25. The summed E-state index contributed by atoms with van der Waals surface area (Å²) in [6.45, 7) is 8.34. The van der Waals surface area contributed by atoms with Crippen molar-refractivity contribution in [2.75, 3.05) is 27.3 Å². The molecule has 0 saturated heterocycles. The Morgan fingerprint density at radius 1 is 1.19 bits per heavy atom. The molecule has 26 heavy (non-hydrogen) atoms. The van der Waals surface area contributed by atoms with E-state index in [1.54, 1.807) is 25.6 Å². The number of benzene rings is 1. The van der Waals surface area contributed by atoms with Gasteiger partial charge in [-0.1, -0.05) is 0 Å². The average Bonchev–Trinajstić information content (AvgIpc) is 2.97. The van der Waals surface area contributed by atoms with Crippen molar-refractivity contribution in [1.29, 1.82) is 0 Å². The van der Waals surface area contributed by atoms with Crippen molar-refractivity contribution in [2.24, 2.45) is 4.99 Å². The van der Waals surface area contributed by atoms with Gasteiger partial charge in [0.1, 0.15) is 11.5 Å². The Balaban J connectivity index is 1.97. The van der Waals surface area contributed by atoms with Crippen molar-refractivity contribution in [3.8, 4) is 11.5 Å². The maximum atomic E-state index is 5.44. The fourth-order valence-electron chi connectivity index (χ4n) is 2.42. The largest absolute Gasteiger partial charge is 0.497 e. The molecule has 0 unspecified atom stereocenters. The summed E-state index contributed by atoms with van der Waals surface area (Å²) in [7, 11) is 3.30. The topological polar surface area (TPSA) is 67.8 Å². The van der Waals surface area contributed by atoms with E-state index in [9.17, 15) is 0 Å². The number of aliphatic imine (C=N–C) groups is 1. The molecule has 0 atom stereocenters. The zero-order valence-corrected chi connectivity index (χ0v) is 17.0. The van der Waals surface area contributed by atoms with Crippen molar-refractivity contribution < 1.29 is 9.47 Å². The van der Waals surface area contributed by atoms with Crippen LogP contribution in [0, 0.1) is 13.8 Å². The maximum Gasteiger partial charge on any atom is 0.191 e. The van der Waals surface area contributed by atoms with E-state index in [1.807, 2.05) is 18.2 Å². The first-order chi connectivity index (χ1) is 12.6. The van der Waals surface area contributed by atoms with Crippen LogP contribution in [0.3, 0.4) is 0 Å². The number of aromatic nitrogens is 1.